The van der Waals surface area contributed by atoms with Crippen molar-refractivity contribution in [2.75, 3.05) is 0 Å². The topological polar surface area (TPSA) is 84.0 Å². The molecule has 0 amide bonds. The lowest BCUT2D eigenvalue weighted by molar-refractivity contribution is -0.384. The Kier molecular flexibility index (Phi) is 4.48. The van der Waals surface area contributed by atoms with Crippen LogP contribution in [0.5, 0.6) is 0 Å². The Morgan fingerprint density at radius 1 is 1.43 bits per heavy atom. The molecule has 5 nitrogen and oxygen atoms in total. The molecule has 0 spiro atoms. The predicted octanol–water partition coefficient (Wildman–Crippen LogP) is 4.10. The van der Waals surface area contributed by atoms with Crippen molar-refractivity contribution in [3.05, 3.63) is 66.9 Å². The third kappa shape index (κ3) is 3.34. The van der Waals surface area contributed by atoms with E-state index in [1.807, 2.05) is 6.07 Å². The molecule has 0 N–H and O–H groups in total. The monoisotopic (exact) mass is 318 g/mol. The number of allylic oxidation sites excluding steroid dienone is 1. The fourth-order valence-electron chi connectivity index (χ4n) is 1.62. The van der Waals surface area contributed by atoms with Gasteiger partial charge in [0.2, 0.25) is 5.78 Å². The van der Waals surface area contributed by atoms with Gasteiger partial charge < -0.3 is 0 Å². The molecule has 1 aromatic carbocycles. The third-order valence-corrected chi connectivity index (χ3v) is 3.78. The van der Waals surface area contributed by atoms with E-state index in [9.17, 15) is 14.9 Å². The second-order valence-corrected chi connectivity index (χ2v) is 5.30. The van der Waals surface area contributed by atoms with E-state index in [2.05, 4.69) is 0 Å². The molecule has 2 rings (SSSR count). The van der Waals surface area contributed by atoms with Crippen molar-refractivity contribution in [2.45, 2.75) is 0 Å². The number of rotatable bonds is 4. The number of nitriles is 1. The van der Waals surface area contributed by atoms with Crippen molar-refractivity contribution in [3.8, 4) is 6.07 Å². The number of halogens is 1. The summed E-state index contributed by atoms with van der Waals surface area (Å²) in [7, 11) is 0. The van der Waals surface area contributed by atoms with Crippen LogP contribution >= 0.6 is 22.9 Å². The molecule has 2 aromatic rings. The number of ketones is 1. The lowest BCUT2D eigenvalue weighted by atomic mass is 10.1. The maximum Gasteiger partial charge on any atom is 0.288 e. The van der Waals surface area contributed by atoms with Crippen LogP contribution < -0.4 is 0 Å². The summed E-state index contributed by atoms with van der Waals surface area (Å²) in [4.78, 5) is 22.7. The summed E-state index contributed by atoms with van der Waals surface area (Å²) in [6, 6.07) is 9.23. The summed E-state index contributed by atoms with van der Waals surface area (Å²) in [5, 5.41) is 21.6. The number of nitro benzene ring substituents is 1. The molecule has 0 atom stereocenters. The molecule has 104 valence electrons. The Labute approximate surface area is 128 Å². The summed E-state index contributed by atoms with van der Waals surface area (Å²) in [5.41, 5.74) is 0.00732. The predicted molar refractivity (Wildman–Crippen MR) is 80.3 cm³/mol. The van der Waals surface area contributed by atoms with E-state index in [-0.39, 0.29) is 16.3 Å². The molecule has 0 aliphatic rings. The maximum absolute atomic E-state index is 12.1. The molecule has 0 saturated heterocycles. The highest BCUT2D eigenvalue weighted by Gasteiger charge is 2.15. The molecule has 0 aliphatic heterocycles. The summed E-state index contributed by atoms with van der Waals surface area (Å²) < 4.78 is 0. The SMILES string of the molecule is N#C/C(=C\c1ccc(Cl)c([N+](=O)[O-])c1)C(=O)c1cccs1. The second-order valence-electron chi connectivity index (χ2n) is 3.94. The minimum absolute atomic E-state index is 0.000223. The van der Waals surface area contributed by atoms with Gasteiger partial charge in [0.05, 0.1) is 9.80 Å². The van der Waals surface area contributed by atoms with Gasteiger partial charge in [-0.3, -0.25) is 14.9 Å². The molecule has 7 heteroatoms. The van der Waals surface area contributed by atoms with Crippen molar-refractivity contribution in [3.63, 3.8) is 0 Å². The molecule has 1 heterocycles. The van der Waals surface area contributed by atoms with E-state index in [0.29, 0.717) is 10.4 Å². The standard InChI is InChI=1S/C14H7ClN2O3S/c15-11-4-3-9(7-12(11)17(19)20)6-10(8-16)14(18)13-2-1-5-21-13/h1-7H/b10-6+. The molecule has 0 unspecified atom stereocenters. The molecule has 0 saturated carbocycles. The highest BCUT2D eigenvalue weighted by atomic mass is 35.5. The van der Waals surface area contributed by atoms with E-state index >= 15 is 0 Å². The van der Waals surface area contributed by atoms with Gasteiger partial charge in [-0.05, 0) is 29.2 Å². The fraction of sp³-hybridized carbons (Fsp3) is 0. The Bertz CT molecular complexity index is 776. The molecule has 0 fully saturated rings. The van der Waals surface area contributed by atoms with Gasteiger partial charge in [-0.15, -0.1) is 11.3 Å². The summed E-state index contributed by atoms with van der Waals surface area (Å²) in [5.74, 6) is -0.412. The van der Waals surface area contributed by atoms with Crippen LogP contribution in [0, 0.1) is 21.4 Å². The zero-order valence-electron chi connectivity index (χ0n) is 10.4. The van der Waals surface area contributed by atoms with Crippen molar-refractivity contribution in [1.29, 1.82) is 5.26 Å². The van der Waals surface area contributed by atoms with Gasteiger partial charge in [0.1, 0.15) is 16.7 Å². The summed E-state index contributed by atoms with van der Waals surface area (Å²) in [6.45, 7) is 0. The number of nitro groups is 1. The van der Waals surface area contributed by atoms with Gasteiger partial charge in [-0.1, -0.05) is 23.7 Å². The van der Waals surface area contributed by atoms with Gasteiger partial charge in [0.15, 0.2) is 0 Å². The lowest BCUT2D eigenvalue weighted by Gasteiger charge is -1.99. The quantitative estimate of drug-likeness (QED) is 0.279. The van der Waals surface area contributed by atoms with Gasteiger partial charge in [0.25, 0.3) is 5.69 Å². The summed E-state index contributed by atoms with van der Waals surface area (Å²) >= 11 is 6.94. The Hall–Kier alpha value is -2.49. The van der Waals surface area contributed by atoms with Gasteiger partial charge >= 0.3 is 0 Å². The van der Waals surface area contributed by atoms with Gasteiger partial charge in [-0.25, -0.2) is 0 Å². The minimum atomic E-state index is -0.618. The number of carbonyl (C=O) groups excluding carboxylic acids is 1. The maximum atomic E-state index is 12.1. The first kappa shape index (κ1) is 14.9. The highest BCUT2D eigenvalue weighted by molar-refractivity contribution is 7.12. The van der Waals surface area contributed by atoms with E-state index in [4.69, 9.17) is 16.9 Å². The van der Waals surface area contributed by atoms with Crippen LogP contribution in [0.3, 0.4) is 0 Å². The lowest BCUT2D eigenvalue weighted by Crippen LogP contribution is -1.99. The first-order valence-electron chi connectivity index (χ1n) is 5.67. The average molecular weight is 319 g/mol. The first-order valence-corrected chi connectivity index (χ1v) is 6.92. The largest absolute Gasteiger partial charge is 0.288 e. The molecular formula is C14H7ClN2O3S. The molecular weight excluding hydrogens is 312 g/mol. The number of hydrogen-bond acceptors (Lipinski definition) is 5. The number of nitrogens with zero attached hydrogens (tertiary/aromatic N) is 2. The van der Waals surface area contributed by atoms with Gasteiger partial charge in [-0.2, -0.15) is 5.26 Å². The van der Waals surface area contributed by atoms with E-state index in [1.54, 1.807) is 17.5 Å². The Morgan fingerprint density at radius 3 is 2.76 bits per heavy atom. The van der Waals surface area contributed by atoms with Crippen LogP contribution in [0.2, 0.25) is 5.02 Å². The fourth-order valence-corrected chi connectivity index (χ4v) is 2.48. The zero-order chi connectivity index (χ0) is 15.4. The number of benzene rings is 1. The Balaban J connectivity index is 2.42. The van der Waals surface area contributed by atoms with E-state index in [0.717, 1.165) is 0 Å². The van der Waals surface area contributed by atoms with Gasteiger partial charge in [0, 0.05) is 6.07 Å². The van der Waals surface area contributed by atoms with Crippen molar-refractivity contribution in [2.24, 2.45) is 0 Å². The first-order chi connectivity index (χ1) is 10.0. The van der Waals surface area contributed by atoms with Crippen LogP contribution in [0.1, 0.15) is 15.2 Å². The van der Waals surface area contributed by atoms with Crippen molar-refractivity contribution >= 4 is 40.5 Å². The molecule has 1 aromatic heterocycles. The van der Waals surface area contributed by atoms with Crippen molar-refractivity contribution < 1.29 is 9.72 Å². The molecule has 0 radical (unpaired) electrons. The second kappa shape index (κ2) is 6.31. The van der Waals surface area contributed by atoms with E-state index < -0.39 is 10.7 Å². The molecule has 0 bridgehead atoms. The van der Waals surface area contributed by atoms with Crippen LogP contribution in [0.4, 0.5) is 5.69 Å². The van der Waals surface area contributed by atoms with Crippen LogP contribution in [-0.2, 0) is 0 Å². The number of thiophene rings is 1. The molecule has 21 heavy (non-hydrogen) atoms. The normalized spacial score (nSPS) is 11.0. The smallest absolute Gasteiger partial charge is 0.287 e. The van der Waals surface area contributed by atoms with E-state index in [1.165, 1.54) is 35.6 Å². The average Bonchev–Trinajstić information content (AvgIpc) is 2.99. The Morgan fingerprint density at radius 2 is 2.19 bits per heavy atom. The minimum Gasteiger partial charge on any atom is -0.287 e. The summed E-state index contributed by atoms with van der Waals surface area (Å²) in [6.07, 6.45) is 1.31. The third-order valence-electron chi connectivity index (χ3n) is 2.59. The van der Waals surface area contributed by atoms with Crippen molar-refractivity contribution in [1.82, 2.24) is 0 Å². The number of carbonyl (C=O) groups is 1. The number of Topliss-reactive ketones (excluding diaryl/α,β-unsaturated/α-hetero) is 1. The van der Waals surface area contributed by atoms with Crippen LogP contribution in [0.15, 0.2) is 41.3 Å². The number of hydrogen-bond donors (Lipinski definition) is 0. The zero-order valence-corrected chi connectivity index (χ0v) is 12.0. The van der Waals surface area contributed by atoms with Crippen LogP contribution in [0.25, 0.3) is 6.08 Å². The molecule has 0 aliphatic carbocycles. The highest BCUT2D eigenvalue weighted by Crippen LogP contribution is 2.26. The van der Waals surface area contributed by atoms with Crippen LogP contribution in [-0.4, -0.2) is 10.7 Å².